The highest BCUT2D eigenvalue weighted by atomic mass is 15.2. The molecule has 5 rings (SSSR count). The Bertz CT molecular complexity index is 1470. The van der Waals surface area contributed by atoms with Crippen molar-refractivity contribution in [2.75, 3.05) is 25.0 Å². The normalized spacial score (nSPS) is 15.9. The lowest BCUT2D eigenvalue weighted by Crippen LogP contribution is -2.34. The van der Waals surface area contributed by atoms with Crippen LogP contribution in [0.5, 0.6) is 0 Å². The minimum Gasteiger partial charge on any atom is -0.361 e. The van der Waals surface area contributed by atoms with Gasteiger partial charge in [0.15, 0.2) is 0 Å². The van der Waals surface area contributed by atoms with E-state index in [2.05, 4.69) is 100 Å². The Morgan fingerprint density at radius 2 is 1.97 bits per heavy atom. The Labute approximate surface area is 225 Å². The Hall–Kier alpha value is -3.92. The summed E-state index contributed by atoms with van der Waals surface area (Å²) in [6.07, 6.45) is 10.4. The molecule has 1 aliphatic rings. The fourth-order valence-corrected chi connectivity index (χ4v) is 5.31. The third-order valence-corrected chi connectivity index (χ3v) is 7.72. The van der Waals surface area contributed by atoms with E-state index in [-0.39, 0.29) is 0 Å². The second-order valence-electron chi connectivity index (χ2n) is 10.2. The average Bonchev–Trinajstić information content (AvgIpc) is 3.58. The van der Waals surface area contributed by atoms with Crippen molar-refractivity contribution in [3.63, 3.8) is 0 Å². The monoisotopic (exact) mass is 504 g/mol. The Morgan fingerprint density at radius 3 is 2.74 bits per heavy atom. The van der Waals surface area contributed by atoms with Gasteiger partial charge in [0.05, 0.1) is 11.3 Å². The van der Waals surface area contributed by atoms with E-state index in [1.807, 2.05) is 13.1 Å². The van der Waals surface area contributed by atoms with E-state index in [0.717, 1.165) is 70.3 Å². The number of nitriles is 1. The van der Waals surface area contributed by atoms with Gasteiger partial charge in [0.25, 0.3) is 0 Å². The zero-order chi connectivity index (χ0) is 26.5. The van der Waals surface area contributed by atoms with E-state index in [4.69, 9.17) is 0 Å². The van der Waals surface area contributed by atoms with Crippen molar-refractivity contribution in [1.82, 2.24) is 20.2 Å². The zero-order valence-corrected chi connectivity index (χ0v) is 22.5. The van der Waals surface area contributed by atoms with Crippen molar-refractivity contribution in [2.45, 2.75) is 46.2 Å². The molecule has 1 aliphatic heterocycles. The maximum atomic E-state index is 9.83. The molecule has 194 valence electrons. The molecule has 2 aromatic heterocycles. The van der Waals surface area contributed by atoms with Crippen molar-refractivity contribution in [3.8, 4) is 6.07 Å². The number of aromatic amines is 1. The van der Waals surface area contributed by atoms with E-state index in [1.54, 1.807) is 6.20 Å². The molecule has 6 nitrogen and oxygen atoms in total. The number of benzene rings is 2. The molecule has 3 N–H and O–H groups in total. The summed E-state index contributed by atoms with van der Waals surface area (Å²) in [5.74, 6) is 0. The number of aryl methyl sites for hydroxylation is 2. The number of likely N-dealkylation sites (tertiary alicyclic amines) is 1. The first-order chi connectivity index (χ1) is 18.5. The summed E-state index contributed by atoms with van der Waals surface area (Å²) in [5, 5.41) is 18.1. The summed E-state index contributed by atoms with van der Waals surface area (Å²) in [4.78, 5) is 10.3. The number of aromatic nitrogens is 2. The summed E-state index contributed by atoms with van der Waals surface area (Å²) in [7, 11) is 0. The molecular formula is C32H36N6. The van der Waals surface area contributed by atoms with Crippen LogP contribution in [0.4, 0.5) is 11.4 Å². The van der Waals surface area contributed by atoms with Crippen LogP contribution in [0.25, 0.3) is 23.1 Å². The number of nitrogens with zero attached hydrogens (tertiary/aromatic N) is 3. The third-order valence-electron chi connectivity index (χ3n) is 7.72. The number of anilines is 2. The van der Waals surface area contributed by atoms with Crippen LogP contribution >= 0.6 is 0 Å². The molecule has 3 heterocycles. The topological polar surface area (TPSA) is 79.8 Å². The summed E-state index contributed by atoms with van der Waals surface area (Å²) in [6, 6.07) is 17.9. The molecule has 6 heteroatoms. The van der Waals surface area contributed by atoms with Crippen LogP contribution in [0.3, 0.4) is 0 Å². The molecule has 0 aliphatic carbocycles. The fourth-order valence-electron chi connectivity index (χ4n) is 5.31. The van der Waals surface area contributed by atoms with Gasteiger partial charge in [0, 0.05) is 65.9 Å². The number of H-pyrrole nitrogens is 1. The molecule has 0 radical (unpaired) electrons. The molecule has 2 aromatic carbocycles. The number of rotatable bonds is 9. The van der Waals surface area contributed by atoms with Crippen LogP contribution in [0.1, 0.15) is 53.3 Å². The van der Waals surface area contributed by atoms with Crippen molar-refractivity contribution in [2.24, 2.45) is 0 Å². The standard InChI is InChI=1S/C32H36N6/c1-22-5-4-17-38(22)18-16-34-20-26-8-6-25(7-9-26)10-11-29-24(3)36-21-27(19-33)32(29)37-30-12-13-31-28(23(30)2)14-15-35-31/h6-15,21-22,34-35H,4-5,16-18,20H2,1-3H3,(H,36,37)/b11-10+. The highest BCUT2D eigenvalue weighted by Crippen LogP contribution is 2.32. The van der Waals surface area contributed by atoms with Crippen molar-refractivity contribution >= 4 is 34.4 Å². The van der Waals surface area contributed by atoms with Gasteiger partial charge in [-0.25, -0.2) is 0 Å². The second kappa shape index (κ2) is 11.6. The predicted molar refractivity (Wildman–Crippen MR) is 157 cm³/mol. The molecular weight excluding hydrogens is 468 g/mol. The molecule has 0 amide bonds. The van der Waals surface area contributed by atoms with E-state index >= 15 is 0 Å². The molecule has 0 saturated carbocycles. The van der Waals surface area contributed by atoms with Crippen LogP contribution in [0.2, 0.25) is 0 Å². The zero-order valence-electron chi connectivity index (χ0n) is 22.5. The molecule has 4 aromatic rings. The molecule has 0 bridgehead atoms. The van der Waals surface area contributed by atoms with Crippen molar-refractivity contribution < 1.29 is 0 Å². The van der Waals surface area contributed by atoms with Gasteiger partial charge in [-0.3, -0.25) is 9.88 Å². The lowest BCUT2D eigenvalue weighted by Gasteiger charge is -2.20. The summed E-state index contributed by atoms with van der Waals surface area (Å²) >= 11 is 0. The highest BCUT2D eigenvalue weighted by molar-refractivity contribution is 5.90. The van der Waals surface area contributed by atoms with Crippen LogP contribution in [0.15, 0.2) is 54.9 Å². The van der Waals surface area contributed by atoms with Crippen LogP contribution < -0.4 is 10.6 Å². The Morgan fingerprint density at radius 1 is 1.13 bits per heavy atom. The van der Waals surface area contributed by atoms with Gasteiger partial charge in [-0.1, -0.05) is 36.4 Å². The van der Waals surface area contributed by atoms with Gasteiger partial charge in [0.1, 0.15) is 6.07 Å². The quantitative estimate of drug-likeness (QED) is 0.226. The average molecular weight is 505 g/mol. The third kappa shape index (κ3) is 5.65. The summed E-state index contributed by atoms with van der Waals surface area (Å²) in [5.41, 5.74) is 8.68. The number of nitrogens with one attached hydrogen (secondary N) is 3. The number of pyridine rings is 1. The van der Waals surface area contributed by atoms with Crippen molar-refractivity contribution in [1.29, 1.82) is 5.26 Å². The van der Waals surface area contributed by atoms with E-state index in [0.29, 0.717) is 5.56 Å². The fraction of sp³-hybridized carbons (Fsp3) is 0.312. The van der Waals surface area contributed by atoms with Gasteiger partial charge >= 0.3 is 0 Å². The van der Waals surface area contributed by atoms with Crippen LogP contribution in [-0.2, 0) is 6.54 Å². The van der Waals surface area contributed by atoms with Gasteiger partial charge < -0.3 is 15.6 Å². The van der Waals surface area contributed by atoms with Gasteiger partial charge in [-0.2, -0.15) is 5.26 Å². The SMILES string of the molecule is Cc1ncc(C#N)c(Nc2ccc3[nH]ccc3c2C)c1/C=C/c1ccc(CNCCN2CCCC2C)cc1. The van der Waals surface area contributed by atoms with Gasteiger partial charge in [-0.05, 0) is 75.0 Å². The highest BCUT2D eigenvalue weighted by Gasteiger charge is 2.19. The maximum Gasteiger partial charge on any atom is 0.103 e. The lowest BCUT2D eigenvalue weighted by molar-refractivity contribution is 0.268. The Balaban J connectivity index is 1.29. The molecule has 0 spiro atoms. The van der Waals surface area contributed by atoms with Gasteiger partial charge in [0.2, 0.25) is 0 Å². The smallest absolute Gasteiger partial charge is 0.103 e. The second-order valence-corrected chi connectivity index (χ2v) is 10.2. The molecule has 38 heavy (non-hydrogen) atoms. The molecule has 1 unspecified atom stereocenters. The minimum atomic E-state index is 0.522. The largest absolute Gasteiger partial charge is 0.361 e. The first kappa shape index (κ1) is 25.7. The minimum absolute atomic E-state index is 0.522. The van der Waals surface area contributed by atoms with Crippen molar-refractivity contribution in [3.05, 3.63) is 88.4 Å². The lowest BCUT2D eigenvalue weighted by atomic mass is 10.0. The Kier molecular flexibility index (Phi) is 7.88. The number of hydrogen-bond acceptors (Lipinski definition) is 5. The summed E-state index contributed by atoms with van der Waals surface area (Å²) < 4.78 is 0. The predicted octanol–water partition coefficient (Wildman–Crippen LogP) is 6.54. The molecule has 1 atom stereocenters. The first-order valence-corrected chi connectivity index (χ1v) is 13.5. The van der Waals surface area contributed by atoms with Gasteiger partial charge in [-0.15, -0.1) is 0 Å². The van der Waals surface area contributed by atoms with Crippen LogP contribution in [0, 0.1) is 25.2 Å². The van der Waals surface area contributed by atoms with E-state index in [1.165, 1.54) is 24.9 Å². The maximum absolute atomic E-state index is 9.83. The molecule has 1 saturated heterocycles. The van der Waals surface area contributed by atoms with Crippen LogP contribution in [-0.4, -0.2) is 40.5 Å². The number of hydrogen-bond donors (Lipinski definition) is 3. The van der Waals surface area contributed by atoms with E-state index < -0.39 is 0 Å². The van der Waals surface area contributed by atoms with E-state index in [9.17, 15) is 5.26 Å². The molecule has 1 fully saturated rings. The summed E-state index contributed by atoms with van der Waals surface area (Å²) in [6.45, 7) is 10.6. The first-order valence-electron chi connectivity index (χ1n) is 13.5. The number of fused-ring (bicyclic) bond motifs is 1.